The maximum Gasteiger partial charge on any atom is 0.354 e. The summed E-state index contributed by atoms with van der Waals surface area (Å²) in [6, 6.07) is 6.03. The lowest BCUT2D eigenvalue weighted by molar-refractivity contribution is 0.0690. The van der Waals surface area contributed by atoms with Crippen LogP contribution < -0.4 is 4.74 Å². The highest BCUT2D eigenvalue weighted by atomic mass is 19.2. The Labute approximate surface area is 100 Å². The van der Waals surface area contributed by atoms with E-state index >= 15 is 0 Å². The highest BCUT2D eigenvalue weighted by Crippen LogP contribution is 2.25. The zero-order chi connectivity index (χ0) is 13.1. The van der Waals surface area contributed by atoms with E-state index in [2.05, 4.69) is 4.98 Å². The van der Waals surface area contributed by atoms with E-state index < -0.39 is 17.6 Å². The molecule has 0 amide bonds. The molecule has 2 rings (SSSR count). The Kier molecular flexibility index (Phi) is 3.18. The van der Waals surface area contributed by atoms with Crippen molar-refractivity contribution in [2.45, 2.75) is 0 Å². The first-order valence-corrected chi connectivity index (χ1v) is 4.89. The number of rotatable bonds is 3. The molecule has 0 bridgehead atoms. The maximum atomic E-state index is 13.3. The Hall–Kier alpha value is -2.50. The number of aromatic nitrogens is 1. The van der Waals surface area contributed by atoms with Gasteiger partial charge in [0.1, 0.15) is 11.4 Å². The molecule has 0 radical (unpaired) electrons. The molecule has 2 aromatic rings. The van der Waals surface area contributed by atoms with E-state index in [1.165, 1.54) is 24.3 Å². The fourth-order valence-electron chi connectivity index (χ4n) is 1.26. The lowest BCUT2D eigenvalue weighted by Crippen LogP contribution is -1.99. The quantitative estimate of drug-likeness (QED) is 0.911. The second kappa shape index (κ2) is 4.79. The van der Waals surface area contributed by atoms with Gasteiger partial charge in [-0.2, -0.15) is 4.39 Å². The Balaban J connectivity index is 2.24. The van der Waals surface area contributed by atoms with Crippen molar-refractivity contribution in [2.24, 2.45) is 0 Å². The van der Waals surface area contributed by atoms with Crippen molar-refractivity contribution >= 4 is 5.97 Å². The largest absolute Gasteiger partial charge is 0.477 e. The summed E-state index contributed by atoms with van der Waals surface area (Å²) < 4.78 is 31.2. The number of hydrogen-bond donors (Lipinski definition) is 1. The average Bonchev–Trinajstić information content (AvgIpc) is 2.36. The molecule has 18 heavy (non-hydrogen) atoms. The summed E-state index contributed by atoms with van der Waals surface area (Å²) in [6.45, 7) is 0. The predicted molar refractivity (Wildman–Crippen MR) is 57.6 cm³/mol. The van der Waals surface area contributed by atoms with Crippen molar-refractivity contribution in [1.82, 2.24) is 4.98 Å². The van der Waals surface area contributed by atoms with E-state index in [1.807, 2.05) is 0 Å². The first-order valence-electron chi connectivity index (χ1n) is 4.89. The predicted octanol–water partition coefficient (Wildman–Crippen LogP) is 2.85. The SMILES string of the molecule is O=C(O)c1ccc(Oc2cccc(F)c2F)cn1. The second-order valence-corrected chi connectivity index (χ2v) is 3.34. The third kappa shape index (κ3) is 2.42. The minimum absolute atomic E-state index is 0.115. The van der Waals surface area contributed by atoms with Gasteiger partial charge in [-0.05, 0) is 24.3 Å². The van der Waals surface area contributed by atoms with Crippen molar-refractivity contribution in [3.05, 3.63) is 53.9 Å². The summed E-state index contributed by atoms with van der Waals surface area (Å²) in [7, 11) is 0. The minimum atomic E-state index is -1.18. The molecular formula is C12H7F2NO3. The molecule has 92 valence electrons. The molecule has 4 nitrogen and oxygen atoms in total. The van der Waals surface area contributed by atoms with Gasteiger partial charge in [0.15, 0.2) is 11.6 Å². The van der Waals surface area contributed by atoms with Crippen molar-refractivity contribution in [1.29, 1.82) is 0 Å². The van der Waals surface area contributed by atoms with E-state index in [1.54, 1.807) is 0 Å². The Morgan fingerprint density at radius 2 is 2.00 bits per heavy atom. The van der Waals surface area contributed by atoms with Gasteiger partial charge in [0.05, 0.1) is 6.20 Å². The smallest absolute Gasteiger partial charge is 0.354 e. The van der Waals surface area contributed by atoms with Crippen LogP contribution in [0.25, 0.3) is 0 Å². The van der Waals surface area contributed by atoms with Gasteiger partial charge in [-0.1, -0.05) is 6.07 Å². The molecule has 0 saturated heterocycles. The lowest BCUT2D eigenvalue weighted by atomic mass is 10.3. The number of hydrogen-bond acceptors (Lipinski definition) is 3. The number of ether oxygens (including phenoxy) is 1. The molecule has 0 spiro atoms. The van der Waals surface area contributed by atoms with E-state index in [9.17, 15) is 13.6 Å². The zero-order valence-electron chi connectivity index (χ0n) is 8.93. The Bertz CT molecular complexity index is 584. The summed E-state index contributed by atoms with van der Waals surface area (Å²) in [4.78, 5) is 14.1. The number of carbonyl (C=O) groups is 1. The molecule has 1 N–H and O–H groups in total. The standard InChI is InChI=1S/C12H7F2NO3/c13-8-2-1-3-10(11(8)14)18-7-4-5-9(12(16)17)15-6-7/h1-6H,(H,16,17). The normalized spacial score (nSPS) is 10.1. The van der Waals surface area contributed by atoms with E-state index in [0.717, 1.165) is 12.3 Å². The van der Waals surface area contributed by atoms with Gasteiger partial charge in [0.25, 0.3) is 0 Å². The van der Waals surface area contributed by atoms with Crippen LogP contribution in [0.1, 0.15) is 10.5 Å². The number of pyridine rings is 1. The summed E-state index contributed by atoms with van der Waals surface area (Å²) >= 11 is 0. The first-order chi connectivity index (χ1) is 8.58. The van der Waals surface area contributed by atoms with Crippen LogP contribution in [0, 0.1) is 11.6 Å². The van der Waals surface area contributed by atoms with Crippen molar-refractivity contribution in [3.8, 4) is 11.5 Å². The molecule has 1 heterocycles. The number of halogens is 2. The zero-order valence-corrected chi connectivity index (χ0v) is 8.93. The fraction of sp³-hybridized carbons (Fsp3) is 0. The molecule has 0 fully saturated rings. The molecule has 1 aromatic heterocycles. The first kappa shape index (κ1) is 12.0. The monoisotopic (exact) mass is 251 g/mol. The van der Waals surface area contributed by atoms with Crippen LogP contribution in [0.2, 0.25) is 0 Å². The summed E-state index contributed by atoms with van der Waals surface area (Å²) in [5.74, 6) is -3.50. The van der Waals surface area contributed by atoms with Crippen LogP contribution >= 0.6 is 0 Å². The van der Waals surface area contributed by atoms with Gasteiger partial charge < -0.3 is 9.84 Å². The highest BCUT2D eigenvalue weighted by Gasteiger charge is 2.10. The maximum absolute atomic E-state index is 13.3. The molecule has 0 saturated carbocycles. The van der Waals surface area contributed by atoms with Crippen molar-refractivity contribution < 1.29 is 23.4 Å². The van der Waals surface area contributed by atoms with Gasteiger partial charge in [-0.25, -0.2) is 14.2 Å². The highest BCUT2D eigenvalue weighted by molar-refractivity contribution is 5.85. The summed E-state index contributed by atoms with van der Waals surface area (Å²) in [6.07, 6.45) is 1.12. The van der Waals surface area contributed by atoms with Crippen molar-refractivity contribution in [3.63, 3.8) is 0 Å². The third-order valence-electron chi connectivity index (χ3n) is 2.10. The van der Waals surface area contributed by atoms with Gasteiger partial charge >= 0.3 is 5.97 Å². The molecular weight excluding hydrogens is 244 g/mol. The van der Waals surface area contributed by atoms with Crippen LogP contribution in [0.15, 0.2) is 36.5 Å². The van der Waals surface area contributed by atoms with Gasteiger partial charge in [-0.3, -0.25) is 0 Å². The number of carboxylic acid groups (broad SMARTS) is 1. The Morgan fingerprint density at radius 3 is 2.61 bits per heavy atom. The topological polar surface area (TPSA) is 59.4 Å². The van der Waals surface area contributed by atoms with Gasteiger partial charge in [0.2, 0.25) is 5.82 Å². The average molecular weight is 251 g/mol. The molecule has 6 heteroatoms. The third-order valence-corrected chi connectivity index (χ3v) is 2.10. The summed E-state index contributed by atoms with van der Waals surface area (Å²) in [5.41, 5.74) is -0.165. The van der Waals surface area contributed by atoms with Crippen molar-refractivity contribution in [2.75, 3.05) is 0 Å². The van der Waals surface area contributed by atoms with E-state index in [-0.39, 0.29) is 17.2 Å². The van der Waals surface area contributed by atoms with Gasteiger partial charge in [-0.15, -0.1) is 0 Å². The molecule has 0 aliphatic carbocycles. The molecule has 0 aliphatic heterocycles. The number of carboxylic acids is 1. The fourth-order valence-corrected chi connectivity index (χ4v) is 1.26. The van der Waals surface area contributed by atoms with Crippen LogP contribution in [0.5, 0.6) is 11.5 Å². The van der Waals surface area contributed by atoms with Gasteiger partial charge in [0, 0.05) is 0 Å². The van der Waals surface area contributed by atoms with E-state index in [0.29, 0.717) is 0 Å². The van der Waals surface area contributed by atoms with E-state index in [4.69, 9.17) is 9.84 Å². The lowest BCUT2D eigenvalue weighted by Gasteiger charge is -2.06. The number of nitrogens with zero attached hydrogens (tertiary/aromatic N) is 1. The molecule has 0 atom stereocenters. The number of benzene rings is 1. The van der Waals surface area contributed by atoms with Crippen LogP contribution in [0.4, 0.5) is 8.78 Å². The van der Waals surface area contributed by atoms with Crippen LogP contribution in [-0.4, -0.2) is 16.1 Å². The Morgan fingerprint density at radius 1 is 1.22 bits per heavy atom. The second-order valence-electron chi connectivity index (χ2n) is 3.34. The van der Waals surface area contributed by atoms with Crippen LogP contribution in [-0.2, 0) is 0 Å². The van der Waals surface area contributed by atoms with Crippen LogP contribution in [0.3, 0.4) is 0 Å². The summed E-state index contributed by atoms with van der Waals surface area (Å²) in [5, 5.41) is 8.63. The minimum Gasteiger partial charge on any atom is -0.477 e. The molecule has 0 aliphatic rings. The molecule has 0 unspecified atom stereocenters. The molecule has 1 aromatic carbocycles. The number of aromatic carboxylic acids is 1.